The van der Waals surface area contributed by atoms with Gasteiger partial charge in [-0.3, -0.25) is 4.79 Å². The molecule has 4 nitrogen and oxygen atoms in total. The van der Waals surface area contributed by atoms with Crippen molar-refractivity contribution < 1.29 is 4.79 Å². The van der Waals surface area contributed by atoms with E-state index in [1.165, 1.54) is 11.3 Å². The summed E-state index contributed by atoms with van der Waals surface area (Å²) in [4.78, 5) is 11.4. The van der Waals surface area contributed by atoms with E-state index < -0.39 is 0 Å². The first-order chi connectivity index (χ1) is 8.11. The maximum Gasteiger partial charge on any atom is 0.303 e. The molecule has 88 valence electrons. The molecule has 1 aliphatic heterocycles. The molecule has 0 spiro atoms. The topological polar surface area (TPSA) is 56.5 Å². The third-order valence-corrected chi connectivity index (χ3v) is 4.34. The molecule has 0 saturated heterocycles. The van der Waals surface area contributed by atoms with Crippen LogP contribution in [0.3, 0.4) is 0 Å². The van der Waals surface area contributed by atoms with Gasteiger partial charge >= 0.3 is 5.24 Å². The molecule has 0 radical (unpaired) electrons. The normalized spacial score (nSPS) is 15.7. The van der Waals surface area contributed by atoms with Crippen molar-refractivity contribution in [3.8, 4) is 6.07 Å². The van der Waals surface area contributed by atoms with Crippen molar-refractivity contribution in [2.45, 2.75) is 0 Å². The minimum atomic E-state index is -0.229. The number of nitriles is 1. The van der Waals surface area contributed by atoms with Gasteiger partial charge in [-0.1, -0.05) is 35.0 Å². The molecule has 1 aliphatic rings. The number of nitrogens with zero attached hydrogens (tertiary/aromatic N) is 3. The van der Waals surface area contributed by atoms with E-state index in [1.54, 1.807) is 6.07 Å². The summed E-state index contributed by atoms with van der Waals surface area (Å²) < 4.78 is 1.11. The van der Waals surface area contributed by atoms with Gasteiger partial charge in [0, 0.05) is 11.3 Å². The largest absolute Gasteiger partial charge is 0.303 e. The van der Waals surface area contributed by atoms with E-state index in [1.807, 2.05) is 6.07 Å². The van der Waals surface area contributed by atoms with Crippen LogP contribution in [0.15, 0.2) is 11.2 Å². The number of hydrogen-bond donors (Lipinski definition) is 0. The van der Waals surface area contributed by atoms with E-state index >= 15 is 0 Å². The van der Waals surface area contributed by atoms with Crippen LogP contribution in [0.1, 0.15) is 5.56 Å². The summed E-state index contributed by atoms with van der Waals surface area (Å²) in [7, 11) is 0. The van der Waals surface area contributed by atoms with Gasteiger partial charge in [0.15, 0.2) is 0 Å². The predicted molar refractivity (Wildman–Crippen MR) is 71.0 cm³/mol. The van der Waals surface area contributed by atoms with E-state index in [9.17, 15) is 4.79 Å². The number of hydrogen-bond acceptors (Lipinski definition) is 5. The lowest BCUT2D eigenvalue weighted by Gasteiger charge is -2.20. The van der Waals surface area contributed by atoms with Crippen LogP contribution in [0.25, 0.3) is 0 Å². The molecule has 0 aliphatic carbocycles. The Bertz CT molecular complexity index is 535. The van der Waals surface area contributed by atoms with Gasteiger partial charge in [-0.15, -0.1) is 11.3 Å². The maximum absolute atomic E-state index is 11.4. The highest BCUT2D eigenvalue weighted by Crippen LogP contribution is 2.33. The fourth-order valence-corrected chi connectivity index (χ4v) is 3.49. The molecule has 0 saturated carbocycles. The number of rotatable bonds is 2. The fourth-order valence-electron chi connectivity index (χ4n) is 1.26. The molecule has 1 aromatic rings. The van der Waals surface area contributed by atoms with Crippen molar-refractivity contribution in [1.29, 1.82) is 5.26 Å². The summed E-state index contributed by atoms with van der Waals surface area (Å²) in [5.74, 6) is 0.438. The van der Waals surface area contributed by atoms with Crippen LogP contribution in [0.4, 0.5) is 4.79 Å². The summed E-state index contributed by atoms with van der Waals surface area (Å²) in [5.41, 5.74) is 1.39. The van der Waals surface area contributed by atoms with Crippen molar-refractivity contribution in [2.24, 2.45) is 5.10 Å². The molecule has 0 fully saturated rings. The maximum atomic E-state index is 11.4. The standard InChI is InChI=1S/C9H5Cl2N3OS2/c10-7-3-5(8(11)17-7)6-4-16-9(15)14(13-6)2-1-12/h3H,2,4H2. The van der Waals surface area contributed by atoms with Crippen molar-refractivity contribution in [1.82, 2.24) is 5.01 Å². The summed E-state index contributed by atoms with van der Waals surface area (Å²) >= 11 is 14.2. The number of thiophene rings is 1. The Labute approximate surface area is 116 Å². The quantitative estimate of drug-likeness (QED) is 0.786. The minimum absolute atomic E-state index is 0.0647. The Balaban J connectivity index is 2.33. The van der Waals surface area contributed by atoms with E-state index in [0.717, 1.165) is 22.3 Å². The second-order valence-electron chi connectivity index (χ2n) is 3.05. The average Bonchev–Trinajstić information content (AvgIpc) is 2.61. The first-order valence-corrected chi connectivity index (χ1v) is 7.01. The molecule has 1 aromatic heterocycles. The van der Waals surface area contributed by atoms with Crippen LogP contribution in [0, 0.1) is 11.3 Å². The van der Waals surface area contributed by atoms with Gasteiger partial charge in [0.05, 0.1) is 16.1 Å². The fraction of sp³-hybridized carbons (Fsp3) is 0.222. The third kappa shape index (κ3) is 2.75. The number of halogens is 2. The Kier molecular flexibility index (Phi) is 3.94. The zero-order chi connectivity index (χ0) is 12.4. The Morgan fingerprint density at radius 1 is 1.59 bits per heavy atom. The average molecular weight is 306 g/mol. The van der Waals surface area contributed by atoms with Crippen molar-refractivity contribution >= 4 is 57.3 Å². The first kappa shape index (κ1) is 12.7. The molecule has 0 atom stereocenters. The van der Waals surface area contributed by atoms with Gasteiger partial charge in [0.1, 0.15) is 10.9 Å². The van der Waals surface area contributed by atoms with Crippen LogP contribution in [-0.4, -0.2) is 28.3 Å². The van der Waals surface area contributed by atoms with Crippen LogP contribution < -0.4 is 0 Å². The number of carbonyl (C=O) groups excluding carboxylic acids is 1. The first-order valence-electron chi connectivity index (χ1n) is 4.45. The lowest BCUT2D eigenvalue weighted by Crippen LogP contribution is -2.30. The molecule has 1 amide bonds. The van der Waals surface area contributed by atoms with Crippen molar-refractivity contribution in [2.75, 3.05) is 12.3 Å². The lowest BCUT2D eigenvalue weighted by molar-refractivity contribution is 0.230. The minimum Gasteiger partial charge on any atom is -0.260 e. The summed E-state index contributed by atoms with van der Waals surface area (Å²) in [6.45, 7) is -0.0647. The van der Waals surface area contributed by atoms with E-state index in [-0.39, 0.29) is 11.8 Å². The summed E-state index contributed by atoms with van der Waals surface area (Å²) in [6, 6.07) is 3.60. The molecule has 8 heteroatoms. The SMILES string of the molecule is N#CCN1N=C(c2cc(Cl)sc2Cl)CSC1=O. The zero-order valence-electron chi connectivity index (χ0n) is 8.31. The van der Waals surface area contributed by atoms with E-state index in [2.05, 4.69) is 5.10 Å². The highest BCUT2D eigenvalue weighted by molar-refractivity contribution is 8.14. The second-order valence-corrected chi connectivity index (χ2v) is 6.27. The van der Waals surface area contributed by atoms with E-state index in [0.29, 0.717) is 20.1 Å². The third-order valence-electron chi connectivity index (χ3n) is 1.97. The van der Waals surface area contributed by atoms with Gasteiger partial charge in [-0.25, -0.2) is 5.01 Å². The lowest BCUT2D eigenvalue weighted by atomic mass is 10.2. The van der Waals surface area contributed by atoms with Gasteiger partial charge in [0.2, 0.25) is 0 Å². The van der Waals surface area contributed by atoms with Gasteiger partial charge < -0.3 is 0 Å². The highest BCUT2D eigenvalue weighted by atomic mass is 35.5. The molecule has 2 heterocycles. The van der Waals surface area contributed by atoms with Crippen LogP contribution in [0.2, 0.25) is 8.67 Å². The van der Waals surface area contributed by atoms with Crippen molar-refractivity contribution in [3.05, 3.63) is 20.3 Å². The van der Waals surface area contributed by atoms with Gasteiger partial charge in [-0.05, 0) is 6.07 Å². The molecule has 0 N–H and O–H groups in total. The number of hydrazone groups is 1. The molecule has 2 rings (SSSR count). The number of thioether (sulfide) groups is 1. The Hall–Kier alpha value is -0.740. The van der Waals surface area contributed by atoms with Crippen LogP contribution in [0.5, 0.6) is 0 Å². The molecule has 0 unspecified atom stereocenters. The van der Waals surface area contributed by atoms with Crippen LogP contribution >= 0.6 is 46.3 Å². The predicted octanol–water partition coefficient (Wildman–Crippen LogP) is 3.45. The number of amides is 1. The molecule has 0 aromatic carbocycles. The van der Waals surface area contributed by atoms with Gasteiger partial charge in [-0.2, -0.15) is 10.4 Å². The van der Waals surface area contributed by atoms with Gasteiger partial charge in [0.25, 0.3) is 0 Å². The van der Waals surface area contributed by atoms with Crippen LogP contribution in [-0.2, 0) is 0 Å². The smallest absolute Gasteiger partial charge is 0.260 e. The summed E-state index contributed by atoms with van der Waals surface area (Å²) in [6.07, 6.45) is 0. The van der Waals surface area contributed by atoms with E-state index in [4.69, 9.17) is 28.5 Å². The highest BCUT2D eigenvalue weighted by Gasteiger charge is 2.23. The summed E-state index contributed by atoms with van der Waals surface area (Å²) in [5, 5.41) is 13.6. The second kappa shape index (κ2) is 5.27. The molecular weight excluding hydrogens is 301 g/mol. The number of carbonyl (C=O) groups is 1. The Morgan fingerprint density at radius 2 is 2.35 bits per heavy atom. The Morgan fingerprint density at radius 3 is 2.94 bits per heavy atom. The molecule has 17 heavy (non-hydrogen) atoms. The molecule has 0 bridgehead atoms. The zero-order valence-corrected chi connectivity index (χ0v) is 11.5. The monoisotopic (exact) mass is 305 g/mol. The molecular formula is C9H5Cl2N3OS2. The van der Waals surface area contributed by atoms with Crippen molar-refractivity contribution in [3.63, 3.8) is 0 Å².